The summed E-state index contributed by atoms with van der Waals surface area (Å²) in [6.45, 7) is 6.56. The fourth-order valence-electron chi connectivity index (χ4n) is 5.47. The molecule has 0 unspecified atom stereocenters. The SMILES string of the molecule is CCc1cnc(N2CCC([C@@H]3C[C@@H]3CCOc3ccc(CC(=O)N4CCC4)c(C#N)c3)CC2)nc1. The van der Waals surface area contributed by atoms with Gasteiger partial charge in [0.25, 0.3) is 0 Å². The van der Waals surface area contributed by atoms with Crippen LogP contribution in [0.5, 0.6) is 5.75 Å². The summed E-state index contributed by atoms with van der Waals surface area (Å²) in [5, 5.41) is 9.54. The second-order valence-electron chi connectivity index (χ2n) is 10.2. The standard InChI is InChI=1S/C28H35N5O2/c1-2-20-18-30-28(31-19-20)33-11-6-21(7-12-33)26-15-23(26)8-13-35-25-5-4-22(24(14-25)17-29)16-27(34)32-9-3-10-32/h4-5,14,18-19,21,23,26H,2-3,6-13,15-16H2,1H3/t23-,26-/m0/s1. The molecule has 5 rings (SSSR count). The highest BCUT2D eigenvalue weighted by atomic mass is 16.5. The van der Waals surface area contributed by atoms with E-state index in [0.29, 0.717) is 18.6 Å². The average Bonchev–Trinajstić information content (AvgIpc) is 3.63. The molecule has 35 heavy (non-hydrogen) atoms. The molecule has 1 amide bonds. The molecule has 2 aromatic rings. The smallest absolute Gasteiger partial charge is 0.227 e. The predicted molar refractivity (Wildman–Crippen MR) is 134 cm³/mol. The maximum Gasteiger partial charge on any atom is 0.227 e. The maximum atomic E-state index is 12.3. The fourth-order valence-corrected chi connectivity index (χ4v) is 5.47. The summed E-state index contributed by atoms with van der Waals surface area (Å²) in [6.07, 6.45) is 11.0. The summed E-state index contributed by atoms with van der Waals surface area (Å²) >= 11 is 0. The number of piperidine rings is 1. The van der Waals surface area contributed by atoms with Crippen LogP contribution in [0, 0.1) is 29.1 Å². The predicted octanol–water partition coefficient (Wildman–Crippen LogP) is 4.01. The molecule has 0 radical (unpaired) electrons. The molecule has 184 valence electrons. The van der Waals surface area contributed by atoms with Crippen LogP contribution in [0.15, 0.2) is 30.6 Å². The van der Waals surface area contributed by atoms with Gasteiger partial charge in [-0.3, -0.25) is 4.79 Å². The van der Waals surface area contributed by atoms with E-state index in [1.165, 1.54) is 24.8 Å². The Hall–Kier alpha value is -3.14. The number of rotatable bonds is 9. The van der Waals surface area contributed by atoms with Crippen LogP contribution in [0.3, 0.4) is 0 Å². The monoisotopic (exact) mass is 473 g/mol. The van der Waals surface area contributed by atoms with Gasteiger partial charge in [-0.25, -0.2) is 9.97 Å². The lowest BCUT2D eigenvalue weighted by Crippen LogP contribution is -2.42. The van der Waals surface area contributed by atoms with Crippen molar-refractivity contribution in [3.8, 4) is 11.8 Å². The van der Waals surface area contributed by atoms with E-state index in [0.717, 1.165) is 80.5 Å². The van der Waals surface area contributed by atoms with Crippen molar-refractivity contribution >= 4 is 11.9 Å². The van der Waals surface area contributed by atoms with E-state index in [4.69, 9.17) is 4.74 Å². The summed E-state index contributed by atoms with van der Waals surface area (Å²) in [7, 11) is 0. The molecule has 7 nitrogen and oxygen atoms in total. The number of ether oxygens (including phenoxy) is 1. The van der Waals surface area contributed by atoms with Gasteiger partial charge in [0.15, 0.2) is 0 Å². The molecule has 1 saturated carbocycles. The number of nitriles is 1. The number of hydrogen-bond donors (Lipinski definition) is 0. The van der Waals surface area contributed by atoms with E-state index >= 15 is 0 Å². The number of aryl methyl sites for hydroxylation is 1. The van der Waals surface area contributed by atoms with Crippen molar-refractivity contribution in [2.75, 3.05) is 37.7 Å². The molecule has 3 fully saturated rings. The number of benzene rings is 1. The van der Waals surface area contributed by atoms with Crippen LogP contribution in [-0.2, 0) is 17.6 Å². The van der Waals surface area contributed by atoms with Crippen LogP contribution < -0.4 is 9.64 Å². The number of amides is 1. The van der Waals surface area contributed by atoms with Crippen LogP contribution in [0.2, 0.25) is 0 Å². The summed E-state index contributed by atoms with van der Waals surface area (Å²) in [5.74, 6) is 4.05. The molecular formula is C28H35N5O2. The Morgan fingerprint density at radius 1 is 1.17 bits per heavy atom. The molecule has 3 heterocycles. The molecule has 1 aromatic heterocycles. The van der Waals surface area contributed by atoms with Gasteiger partial charge in [0, 0.05) is 38.6 Å². The molecule has 3 aliphatic rings. The van der Waals surface area contributed by atoms with E-state index < -0.39 is 0 Å². The molecule has 1 aromatic carbocycles. The lowest BCUT2D eigenvalue weighted by Gasteiger charge is -2.32. The van der Waals surface area contributed by atoms with Crippen molar-refractivity contribution < 1.29 is 9.53 Å². The number of aromatic nitrogens is 2. The molecule has 2 atom stereocenters. The van der Waals surface area contributed by atoms with Gasteiger partial charge in [0.2, 0.25) is 11.9 Å². The number of anilines is 1. The quantitative estimate of drug-likeness (QED) is 0.547. The van der Waals surface area contributed by atoms with Crippen LogP contribution in [0.25, 0.3) is 0 Å². The van der Waals surface area contributed by atoms with Crippen molar-refractivity contribution in [1.29, 1.82) is 5.26 Å². The number of nitrogens with zero attached hydrogens (tertiary/aromatic N) is 5. The van der Waals surface area contributed by atoms with Crippen molar-refractivity contribution in [3.05, 3.63) is 47.3 Å². The first kappa shape index (κ1) is 23.6. The first-order valence-corrected chi connectivity index (χ1v) is 13.1. The molecular weight excluding hydrogens is 438 g/mol. The van der Waals surface area contributed by atoms with Gasteiger partial charge in [0.05, 0.1) is 24.7 Å². The van der Waals surface area contributed by atoms with Crippen LogP contribution >= 0.6 is 0 Å². The highest BCUT2D eigenvalue weighted by molar-refractivity contribution is 5.80. The molecule has 1 aliphatic carbocycles. The highest BCUT2D eigenvalue weighted by Gasteiger charge is 2.43. The second-order valence-corrected chi connectivity index (χ2v) is 10.2. The molecule has 0 spiro atoms. The molecule has 2 aliphatic heterocycles. The minimum Gasteiger partial charge on any atom is -0.494 e. The van der Waals surface area contributed by atoms with Crippen LogP contribution in [0.4, 0.5) is 5.95 Å². The zero-order chi connectivity index (χ0) is 24.2. The van der Waals surface area contributed by atoms with E-state index in [1.54, 1.807) is 6.07 Å². The van der Waals surface area contributed by atoms with Gasteiger partial charge >= 0.3 is 0 Å². The fraction of sp³-hybridized carbons (Fsp3) is 0.571. The van der Waals surface area contributed by atoms with Crippen molar-refractivity contribution in [1.82, 2.24) is 14.9 Å². The highest BCUT2D eigenvalue weighted by Crippen LogP contribution is 2.49. The van der Waals surface area contributed by atoms with E-state index in [2.05, 4.69) is 27.9 Å². The first-order valence-electron chi connectivity index (χ1n) is 13.1. The third kappa shape index (κ3) is 5.58. The van der Waals surface area contributed by atoms with Gasteiger partial charge in [-0.05, 0) is 79.5 Å². The van der Waals surface area contributed by atoms with Gasteiger partial charge in [-0.1, -0.05) is 13.0 Å². The van der Waals surface area contributed by atoms with Gasteiger partial charge in [-0.15, -0.1) is 0 Å². The lowest BCUT2D eigenvalue weighted by atomic mass is 9.90. The Balaban J connectivity index is 1.04. The summed E-state index contributed by atoms with van der Waals surface area (Å²) in [4.78, 5) is 25.5. The Kier molecular flexibility index (Phi) is 7.17. The van der Waals surface area contributed by atoms with E-state index in [1.807, 2.05) is 29.4 Å². The number of hydrogen-bond acceptors (Lipinski definition) is 6. The maximum absolute atomic E-state index is 12.3. The van der Waals surface area contributed by atoms with E-state index in [9.17, 15) is 10.1 Å². The Morgan fingerprint density at radius 3 is 2.60 bits per heavy atom. The zero-order valence-corrected chi connectivity index (χ0v) is 20.7. The molecule has 0 N–H and O–H groups in total. The van der Waals surface area contributed by atoms with Crippen molar-refractivity contribution in [2.45, 2.75) is 51.9 Å². The van der Waals surface area contributed by atoms with Crippen molar-refractivity contribution in [2.24, 2.45) is 17.8 Å². The molecule has 7 heteroatoms. The topological polar surface area (TPSA) is 82.4 Å². The first-order chi connectivity index (χ1) is 17.1. The minimum atomic E-state index is 0.106. The largest absolute Gasteiger partial charge is 0.494 e. The lowest BCUT2D eigenvalue weighted by molar-refractivity contribution is -0.133. The van der Waals surface area contributed by atoms with Crippen molar-refractivity contribution in [3.63, 3.8) is 0 Å². The van der Waals surface area contributed by atoms with Gasteiger partial charge in [0.1, 0.15) is 5.75 Å². The minimum absolute atomic E-state index is 0.106. The molecule has 2 saturated heterocycles. The number of carbonyl (C=O) groups excluding carboxylic acids is 1. The average molecular weight is 474 g/mol. The Bertz CT molecular complexity index is 1070. The van der Waals surface area contributed by atoms with Crippen LogP contribution in [-0.4, -0.2) is 53.6 Å². The zero-order valence-electron chi connectivity index (χ0n) is 20.7. The third-order valence-corrected chi connectivity index (χ3v) is 8.01. The Morgan fingerprint density at radius 2 is 1.94 bits per heavy atom. The third-order valence-electron chi connectivity index (χ3n) is 8.01. The summed E-state index contributed by atoms with van der Waals surface area (Å²) in [6, 6.07) is 7.79. The molecule has 0 bridgehead atoms. The van der Waals surface area contributed by atoms with Gasteiger partial charge in [-0.2, -0.15) is 5.26 Å². The van der Waals surface area contributed by atoms with Gasteiger partial charge < -0.3 is 14.5 Å². The second kappa shape index (κ2) is 10.6. The number of likely N-dealkylation sites (tertiary alicyclic amines) is 1. The Labute approximate surface area is 208 Å². The van der Waals surface area contributed by atoms with E-state index in [-0.39, 0.29) is 5.91 Å². The normalized spacial score (nSPS) is 21.8. The summed E-state index contributed by atoms with van der Waals surface area (Å²) < 4.78 is 6.00. The number of carbonyl (C=O) groups is 1. The summed E-state index contributed by atoms with van der Waals surface area (Å²) in [5.41, 5.74) is 2.52. The van der Waals surface area contributed by atoms with Crippen LogP contribution in [0.1, 0.15) is 55.7 Å².